The van der Waals surface area contributed by atoms with Gasteiger partial charge >= 0.3 is 5.97 Å². The van der Waals surface area contributed by atoms with Crippen molar-refractivity contribution in [3.05, 3.63) is 18.2 Å². The molecule has 0 aromatic carbocycles. The molecule has 90 valence electrons. The number of esters is 1. The molecule has 1 rings (SSSR count). The summed E-state index contributed by atoms with van der Waals surface area (Å²) >= 11 is 0. The maximum Gasteiger partial charge on any atom is 0.306 e. The van der Waals surface area contributed by atoms with E-state index in [2.05, 4.69) is 31.1 Å². The molecule has 0 fully saturated rings. The first-order valence-electron chi connectivity index (χ1n) is 5.41. The largest absolute Gasteiger partial charge is 0.460 e. The molecule has 0 spiro atoms. The lowest BCUT2D eigenvalue weighted by molar-refractivity contribution is -0.870. The van der Waals surface area contributed by atoms with Crippen molar-refractivity contribution >= 4 is 5.97 Å². The molecule has 5 nitrogen and oxygen atoms in total. The van der Waals surface area contributed by atoms with Crippen LogP contribution in [0.3, 0.4) is 0 Å². The zero-order valence-electron chi connectivity index (χ0n) is 10.2. The van der Waals surface area contributed by atoms with Crippen molar-refractivity contribution in [2.45, 2.75) is 12.8 Å². The topological polar surface area (TPSA) is 55.0 Å². The van der Waals surface area contributed by atoms with E-state index in [1.165, 1.54) is 0 Å². The number of imidazole rings is 1. The van der Waals surface area contributed by atoms with Gasteiger partial charge in [-0.1, -0.05) is 0 Å². The lowest BCUT2D eigenvalue weighted by atomic mass is 10.2. The number of nitrogens with zero attached hydrogens (tertiary/aromatic N) is 2. The summed E-state index contributed by atoms with van der Waals surface area (Å²) < 4.78 is 5.93. The Hall–Kier alpha value is -1.36. The van der Waals surface area contributed by atoms with Gasteiger partial charge in [-0.3, -0.25) is 4.79 Å². The van der Waals surface area contributed by atoms with E-state index in [9.17, 15) is 4.79 Å². The minimum atomic E-state index is -0.150. The third kappa shape index (κ3) is 5.50. The number of quaternary nitrogens is 1. The van der Waals surface area contributed by atoms with Crippen LogP contribution in [-0.4, -0.2) is 54.7 Å². The fraction of sp³-hybridized carbons (Fsp3) is 0.636. The Kier molecular flexibility index (Phi) is 4.49. The first-order valence-corrected chi connectivity index (χ1v) is 5.41. The summed E-state index contributed by atoms with van der Waals surface area (Å²) in [7, 11) is 6.20. The average molecular weight is 226 g/mol. The Morgan fingerprint density at radius 1 is 1.50 bits per heavy atom. The van der Waals surface area contributed by atoms with E-state index in [0.717, 1.165) is 16.7 Å². The lowest BCUT2D eigenvalue weighted by Gasteiger charge is -2.23. The first kappa shape index (κ1) is 12.7. The van der Waals surface area contributed by atoms with E-state index >= 15 is 0 Å². The van der Waals surface area contributed by atoms with Crippen LogP contribution < -0.4 is 0 Å². The predicted octanol–water partition coefficient (Wildman–Crippen LogP) is 0.592. The highest BCUT2D eigenvalue weighted by atomic mass is 16.5. The zero-order valence-corrected chi connectivity index (χ0v) is 10.2. The molecule has 0 atom stereocenters. The van der Waals surface area contributed by atoms with Gasteiger partial charge in [-0.2, -0.15) is 0 Å². The average Bonchev–Trinajstić information content (AvgIpc) is 2.65. The summed E-state index contributed by atoms with van der Waals surface area (Å²) in [6.45, 7) is 1.31. The highest BCUT2D eigenvalue weighted by molar-refractivity contribution is 5.69. The molecule has 1 aromatic heterocycles. The number of hydrogen-bond acceptors (Lipinski definition) is 3. The minimum absolute atomic E-state index is 0.150. The van der Waals surface area contributed by atoms with Crippen LogP contribution in [0, 0.1) is 0 Å². The summed E-state index contributed by atoms with van der Waals surface area (Å²) in [5.74, 6) is -0.150. The summed E-state index contributed by atoms with van der Waals surface area (Å²) in [6.07, 6.45) is 4.39. The molecule has 1 aromatic rings. The highest BCUT2D eigenvalue weighted by Gasteiger charge is 2.09. The molecule has 0 bridgehead atoms. The summed E-state index contributed by atoms with van der Waals surface area (Å²) in [4.78, 5) is 18.2. The molecule has 0 saturated carbocycles. The fourth-order valence-corrected chi connectivity index (χ4v) is 1.16. The fourth-order valence-electron chi connectivity index (χ4n) is 1.16. The van der Waals surface area contributed by atoms with E-state index in [1.54, 1.807) is 12.5 Å². The smallest absolute Gasteiger partial charge is 0.306 e. The van der Waals surface area contributed by atoms with Gasteiger partial charge in [0, 0.05) is 11.9 Å². The summed E-state index contributed by atoms with van der Waals surface area (Å²) in [6, 6.07) is 0. The predicted molar refractivity (Wildman–Crippen MR) is 60.8 cm³/mol. The molecule has 0 aliphatic carbocycles. The van der Waals surface area contributed by atoms with Crippen LogP contribution in [0.15, 0.2) is 12.5 Å². The Morgan fingerprint density at radius 3 is 2.81 bits per heavy atom. The number of aromatic amines is 1. The highest BCUT2D eigenvalue weighted by Crippen LogP contribution is 1.99. The minimum Gasteiger partial charge on any atom is -0.460 e. The van der Waals surface area contributed by atoms with Crippen LogP contribution in [0.5, 0.6) is 0 Å². The molecule has 0 aliphatic heterocycles. The Labute approximate surface area is 96.0 Å². The molecular formula is C11H20N3O2+. The van der Waals surface area contributed by atoms with Crippen molar-refractivity contribution in [1.29, 1.82) is 0 Å². The van der Waals surface area contributed by atoms with Gasteiger partial charge in [-0.05, 0) is 6.42 Å². The second-order valence-electron chi connectivity index (χ2n) is 4.81. The van der Waals surface area contributed by atoms with Crippen LogP contribution in [-0.2, 0) is 16.0 Å². The van der Waals surface area contributed by atoms with Gasteiger partial charge in [0.1, 0.15) is 13.2 Å². The van der Waals surface area contributed by atoms with Crippen LogP contribution >= 0.6 is 0 Å². The normalized spacial score (nSPS) is 11.4. The molecule has 0 radical (unpaired) electrons. The van der Waals surface area contributed by atoms with E-state index in [-0.39, 0.29) is 5.97 Å². The molecule has 16 heavy (non-hydrogen) atoms. The van der Waals surface area contributed by atoms with Crippen LogP contribution in [0.4, 0.5) is 0 Å². The number of aromatic nitrogens is 2. The molecular weight excluding hydrogens is 206 g/mol. The Bertz CT molecular complexity index is 314. The first-order chi connectivity index (χ1) is 7.47. The van der Waals surface area contributed by atoms with Crippen molar-refractivity contribution < 1.29 is 14.0 Å². The summed E-state index contributed by atoms with van der Waals surface area (Å²) in [5.41, 5.74) is 0.962. The maximum atomic E-state index is 11.4. The monoisotopic (exact) mass is 226 g/mol. The molecule has 0 aliphatic rings. The number of H-pyrrole nitrogens is 1. The van der Waals surface area contributed by atoms with E-state index in [0.29, 0.717) is 19.4 Å². The van der Waals surface area contributed by atoms with E-state index < -0.39 is 0 Å². The second kappa shape index (κ2) is 5.65. The SMILES string of the molecule is C[N+](C)(C)CCOC(=O)CCc1cnc[nH]1. The van der Waals surface area contributed by atoms with Crippen LogP contribution in [0.1, 0.15) is 12.1 Å². The van der Waals surface area contributed by atoms with Gasteiger partial charge in [0.15, 0.2) is 0 Å². The van der Waals surface area contributed by atoms with Gasteiger partial charge in [0.2, 0.25) is 0 Å². The van der Waals surface area contributed by atoms with Crippen LogP contribution in [0.2, 0.25) is 0 Å². The van der Waals surface area contributed by atoms with Gasteiger partial charge < -0.3 is 14.2 Å². The number of carbonyl (C=O) groups is 1. The van der Waals surface area contributed by atoms with Gasteiger partial charge in [0.05, 0.1) is 33.9 Å². The summed E-state index contributed by atoms with van der Waals surface area (Å²) in [5, 5.41) is 0. The molecule has 0 saturated heterocycles. The molecule has 0 unspecified atom stereocenters. The molecule has 5 heteroatoms. The van der Waals surface area contributed by atoms with E-state index in [1.807, 2.05) is 0 Å². The van der Waals surface area contributed by atoms with E-state index in [4.69, 9.17) is 4.74 Å². The standard InChI is InChI=1S/C11H20N3O2/c1-14(2,3)6-7-16-11(15)5-4-10-8-12-9-13-10/h8-9H,4-7H2,1-3H3,(H,12,13)/q+1. The number of rotatable bonds is 6. The second-order valence-corrected chi connectivity index (χ2v) is 4.81. The lowest BCUT2D eigenvalue weighted by Crippen LogP contribution is -2.38. The number of ether oxygens (including phenoxy) is 1. The molecule has 1 N–H and O–H groups in total. The third-order valence-corrected chi connectivity index (χ3v) is 2.18. The van der Waals surface area contributed by atoms with Crippen molar-refractivity contribution in [2.24, 2.45) is 0 Å². The number of carbonyl (C=O) groups excluding carboxylic acids is 1. The van der Waals surface area contributed by atoms with Crippen molar-refractivity contribution in [3.8, 4) is 0 Å². The Balaban J connectivity index is 2.12. The number of hydrogen-bond donors (Lipinski definition) is 1. The van der Waals surface area contributed by atoms with Gasteiger partial charge in [-0.15, -0.1) is 0 Å². The van der Waals surface area contributed by atoms with Crippen LogP contribution in [0.25, 0.3) is 0 Å². The number of nitrogens with one attached hydrogen (secondary N) is 1. The zero-order chi connectivity index (χ0) is 12.0. The quantitative estimate of drug-likeness (QED) is 0.570. The molecule has 1 heterocycles. The number of likely N-dealkylation sites (N-methyl/N-ethyl adjacent to an activating group) is 1. The van der Waals surface area contributed by atoms with Crippen molar-refractivity contribution in [2.75, 3.05) is 34.3 Å². The van der Waals surface area contributed by atoms with Gasteiger partial charge in [0.25, 0.3) is 0 Å². The molecule has 0 amide bonds. The van der Waals surface area contributed by atoms with Crippen molar-refractivity contribution in [3.63, 3.8) is 0 Å². The number of aryl methyl sites for hydroxylation is 1. The third-order valence-electron chi connectivity index (χ3n) is 2.18. The Morgan fingerprint density at radius 2 is 2.25 bits per heavy atom. The maximum absolute atomic E-state index is 11.4. The van der Waals surface area contributed by atoms with Crippen molar-refractivity contribution in [1.82, 2.24) is 9.97 Å². The van der Waals surface area contributed by atoms with Gasteiger partial charge in [-0.25, -0.2) is 4.98 Å².